The van der Waals surface area contributed by atoms with E-state index >= 15 is 0 Å². The van der Waals surface area contributed by atoms with Crippen LogP contribution in [0, 0.1) is 6.92 Å². The monoisotopic (exact) mass is 374 g/mol. The minimum absolute atomic E-state index is 0.213. The summed E-state index contributed by atoms with van der Waals surface area (Å²) in [5, 5.41) is 0.884. The minimum Gasteiger partial charge on any atom is -0.449 e. The van der Waals surface area contributed by atoms with Crippen LogP contribution in [0.1, 0.15) is 11.4 Å². The number of anilines is 1. The van der Waals surface area contributed by atoms with Crippen molar-refractivity contribution >= 4 is 27.8 Å². The number of H-pyrrole nitrogens is 1. The van der Waals surface area contributed by atoms with E-state index in [0.717, 1.165) is 31.6 Å². The summed E-state index contributed by atoms with van der Waals surface area (Å²) < 4.78 is 5.68. The van der Waals surface area contributed by atoms with Gasteiger partial charge >= 0.3 is 0 Å². The molecule has 0 amide bonds. The number of nitrogens with zero attached hydrogens (tertiary/aromatic N) is 3. The number of fused-ring (bicyclic) bond motifs is 3. The number of piperazine rings is 1. The van der Waals surface area contributed by atoms with Crippen molar-refractivity contribution in [1.29, 1.82) is 0 Å². The Morgan fingerprint density at radius 3 is 2.61 bits per heavy atom. The molecule has 2 aromatic heterocycles. The summed E-state index contributed by atoms with van der Waals surface area (Å²) in [5.41, 5.74) is 4.04. The van der Waals surface area contributed by atoms with Gasteiger partial charge in [0.25, 0.3) is 5.56 Å². The van der Waals surface area contributed by atoms with Crippen molar-refractivity contribution in [2.24, 2.45) is 0 Å². The maximum absolute atomic E-state index is 12.5. The van der Waals surface area contributed by atoms with Crippen molar-refractivity contribution in [2.45, 2.75) is 13.5 Å². The van der Waals surface area contributed by atoms with Gasteiger partial charge in [0.1, 0.15) is 16.9 Å². The van der Waals surface area contributed by atoms with Crippen LogP contribution in [0.15, 0.2) is 57.7 Å². The fraction of sp³-hybridized carbons (Fsp3) is 0.273. The molecule has 28 heavy (non-hydrogen) atoms. The molecular weight excluding hydrogens is 352 g/mol. The lowest BCUT2D eigenvalue weighted by Crippen LogP contribution is -2.46. The molecule has 1 N–H and O–H groups in total. The largest absolute Gasteiger partial charge is 0.449 e. The Kier molecular flexibility index (Phi) is 4.13. The molecule has 1 fully saturated rings. The van der Waals surface area contributed by atoms with E-state index in [9.17, 15) is 4.79 Å². The number of para-hydroxylation sites is 2. The van der Waals surface area contributed by atoms with Crippen LogP contribution in [-0.4, -0.2) is 41.0 Å². The Labute approximate surface area is 162 Å². The standard InChI is InChI=1S/C22H22N4O2/c1-15-6-2-4-8-17(15)26-12-10-25(11-13-26)14-19-23-20-16-7-3-5-9-18(16)28-21(20)22(27)24-19/h2-9H,10-14H2,1H3,(H,23,24,27). The number of furan rings is 1. The van der Waals surface area contributed by atoms with Gasteiger partial charge in [0.2, 0.25) is 5.58 Å². The van der Waals surface area contributed by atoms with Crippen LogP contribution in [0.3, 0.4) is 0 Å². The van der Waals surface area contributed by atoms with Crippen molar-refractivity contribution in [3.05, 3.63) is 70.3 Å². The highest BCUT2D eigenvalue weighted by Gasteiger charge is 2.20. The summed E-state index contributed by atoms with van der Waals surface area (Å²) >= 11 is 0. The van der Waals surface area contributed by atoms with E-state index in [2.05, 4.69) is 46.0 Å². The molecule has 5 rings (SSSR count). The van der Waals surface area contributed by atoms with E-state index in [1.165, 1.54) is 11.3 Å². The van der Waals surface area contributed by atoms with Gasteiger partial charge in [0.15, 0.2) is 0 Å². The lowest BCUT2D eigenvalue weighted by atomic mass is 10.1. The number of aryl methyl sites for hydroxylation is 1. The molecule has 1 saturated heterocycles. The van der Waals surface area contributed by atoms with Gasteiger partial charge in [-0.1, -0.05) is 30.3 Å². The number of hydrogen-bond donors (Lipinski definition) is 1. The van der Waals surface area contributed by atoms with Crippen LogP contribution in [0.25, 0.3) is 22.1 Å². The van der Waals surface area contributed by atoms with Crippen LogP contribution in [0.5, 0.6) is 0 Å². The van der Waals surface area contributed by atoms with Crippen LogP contribution >= 0.6 is 0 Å². The second-order valence-electron chi connectivity index (χ2n) is 7.34. The zero-order valence-electron chi connectivity index (χ0n) is 15.8. The van der Waals surface area contributed by atoms with E-state index in [1.807, 2.05) is 24.3 Å². The maximum Gasteiger partial charge on any atom is 0.294 e. The van der Waals surface area contributed by atoms with E-state index in [4.69, 9.17) is 9.40 Å². The summed E-state index contributed by atoms with van der Waals surface area (Å²) in [6.07, 6.45) is 0. The fourth-order valence-electron chi connectivity index (χ4n) is 4.00. The van der Waals surface area contributed by atoms with Crippen molar-refractivity contribution in [2.75, 3.05) is 31.1 Å². The minimum atomic E-state index is -0.213. The molecule has 0 atom stereocenters. The number of benzene rings is 2. The maximum atomic E-state index is 12.5. The number of aromatic amines is 1. The van der Waals surface area contributed by atoms with Gasteiger partial charge in [-0.05, 0) is 30.7 Å². The smallest absolute Gasteiger partial charge is 0.294 e. The first-order chi connectivity index (χ1) is 13.7. The third-order valence-electron chi connectivity index (χ3n) is 5.48. The average Bonchev–Trinajstić information content (AvgIpc) is 3.09. The summed E-state index contributed by atoms with van der Waals surface area (Å²) in [5.74, 6) is 0.688. The molecule has 6 heteroatoms. The molecule has 0 radical (unpaired) electrons. The predicted octanol–water partition coefficient (Wildman–Crippen LogP) is 3.30. The van der Waals surface area contributed by atoms with E-state index in [0.29, 0.717) is 29.1 Å². The zero-order chi connectivity index (χ0) is 19.1. The Bertz CT molecular complexity index is 1200. The topological polar surface area (TPSA) is 65.4 Å². The Morgan fingerprint density at radius 1 is 1.04 bits per heavy atom. The lowest BCUT2D eigenvalue weighted by Gasteiger charge is -2.36. The Morgan fingerprint density at radius 2 is 1.79 bits per heavy atom. The lowest BCUT2D eigenvalue weighted by molar-refractivity contribution is 0.244. The molecule has 3 heterocycles. The molecule has 4 aromatic rings. The van der Waals surface area contributed by atoms with Gasteiger partial charge in [-0.25, -0.2) is 4.98 Å². The molecule has 6 nitrogen and oxygen atoms in total. The van der Waals surface area contributed by atoms with Crippen LogP contribution in [0.2, 0.25) is 0 Å². The van der Waals surface area contributed by atoms with Crippen molar-refractivity contribution in [1.82, 2.24) is 14.9 Å². The van der Waals surface area contributed by atoms with Crippen molar-refractivity contribution < 1.29 is 4.42 Å². The van der Waals surface area contributed by atoms with Crippen LogP contribution < -0.4 is 10.5 Å². The van der Waals surface area contributed by atoms with Gasteiger partial charge in [-0.15, -0.1) is 0 Å². The second kappa shape index (κ2) is 6.80. The molecule has 142 valence electrons. The molecule has 1 aliphatic rings. The van der Waals surface area contributed by atoms with Crippen LogP contribution in [0.4, 0.5) is 5.69 Å². The van der Waals surface area contributed by atoms with Crippen LogP contribution in [-0.2, 0) is 6.54 Å². The number of rotatable bonds is 3. The van der Waals surface area contributed by atoms with Crippen molar-refractivity contribution in [3.63, 3.8) is 0 Å². The third kappa shape index (κ3) is 2.96. The summed E-state index contributed by atoms with van der Waals surface area (Å²) in [7, 11) is 0. The molecule has 0 unspecified atom stereocenters. The first-order valence-corrected chi connectivity index (χ1v) is 9.62. The molecule has 0 bridgehead atoms. The second-order valence-corrected chi connectivity index (χ2v) is 7.34. The average molecular weight is 374 g/mol. The molecular formula is C22H22N4O2. The SMILES string of the molecule is Cc1ccccc1N1CCN(Cc2nc3c(oc4ccccc43)c(=O)[nH]2)CC1. The van der Waals surface area contributed by atoms with Gasteiger partial charge < -0.3 is 14.3 Å². The van der Waals surface area contributed by atoms with Crippen molar-refractivity contribution in [3.8, 4) is 0 Å². The highest BCUT2D eigenvalue weighted by atomic mass is 16.3. The third-order valence-corrected chi connectivity index (χ3v) is 5.48. The first kappa shape index (κ1) is 17.0. The van der Waals surface area contributed by atoms with E-state index in [-0.39, 0.29) is 5.56 Å². The number of aromatic nitrogens is 2. The zero-order valence-corrected chi connectivity index (χ0v) is 15.8. The highest BCUT2D eigenvalue weighted by Crippen LogP contribution is 2.25. The summed E-state index contributed by atoms with van der Waals surface area (Å²) in [6, 6.07) is 16.1. The normalized spacial score (nSPS) is 15.5. The van der Waals surface area contributed by atoms with Gasteiger partial charge in [-0.3, -0.25) is 9.69 Å². The first-order valence-electron chi connectivity index (χ1n) is 9.62. The molecule has 0 spiro atoms. The molecule has 2 aromatic carbocycles. The highest BCUT2D eigenvalue weighted by molar-refractivity contribution is 6.01. The molecule has 1 aliphatic heterocycles. The quantitative estimate of drug-likeness (QED) is 0.596. The van der Waals surface area contributed by atoms with E-state index < -0.39 is 0 Å². The summed E-state index contributed by atoms with van der Waals surface area (Å²) in [6.45, 7) is 6.58. The number of hydrogen-bond acceptors (Lipinski definition) is 5. The molecule has 0 saturated carbocycles. The van der Waals surface area contributed by atoms with Gasteiger partial charge in [0, 0.05) is 37.3 Å². The summed E-state index contributed by atoms with van der Waals surface area (Å²) in [4.78, 5) is 24.8. The molecule has 0 aliphatic carbocycles. The van der Waals surface area contributed by atoms with E-state index in [1.54, 1.807) is 0 Å². The number of nitrogens with one attached hydrogen (secondary N) is 1. The van der Waals surface area contributed by atoms with Gasteiger partial charge in [-0.2, -0.15) is 0 Å². The Hall–Kier alpha value is -3.12. The fourth-order valence-corrected chi connectivity index (χ4v) is 4.00. The Balaban J connectivity index is 1.36. The predicted molar refractivity (Wildman–Crippen MR) is 111 cm³/mol. The van der Waals surface area contributed by atoms with Gasteiger partial charge in [0.05, 0.1) is 6.54 Å².